The SMILES string of the molecule is CCC.CCC1=C(CC)CCC(C2=C(C)C=CCC2)=C1. The van der Waals surface area contributed by atoms with Crippen molar-refractivity contribution < 1.29 is 0 Å². The summed E-state index contributed by atoms with van der Waals surface area (Å²) in [6.45, 7) is 11.1. The van der Waals surface area contributed by atoms with Crippen LogP contribution in [0.4, 0.5) is 0 Å². The van der Waals surface area contributed by atoms with Crippen LogP contribution in [0.15, 0.2) is 46.1 Å². The van der Waals surface area contributed by atoms with Gasteiger partial charge in [-0.15, -0.1) is 0 Å². The highest BCUT2D eigenvalue weighted by Crippen LogP contribution is 2.35. The second-order valence-electron chi connectivity index (χ2n) is 5.82. The zero-order valence-corrected chi connectivity index (χ0v) is 14.2. The average molecular weight is 272 g/mol. The molecule has 2 aliphatic carbocycles. The zero-order chi connectivity index (χ0) is 15.0. The first kappa shape index (κ1) is 17.0. The molecule has 0 fully saturated rings. The van der Waals surface area contributed by atoms with Crippen molar-refractivity contribution in [2.45, 2.75) is 79.6 Å². The summed E-state index contributed by atoms with van der Waals surface area (Å²) >= 11 is 0. The molecule has 0 nitrogen and oxygen atoms in total. The normalized spacial score (nSPS) is 18.8. The summed E-state index contributed by atoms with van der Waals surface area (Å²) in [6, 6.07) is 0. The minimum absolute atomic E-state index is 1.19. The first-order chi connectivity index (χ1) is 9.67. The van der Waals surface area contributed by atoms with Crippen molar-refractivity contribution >= 4 is 0 Å². The summed E-state index contributed by atoms with van der Waals surface area (Å²) < 4.78 is 0. The molecule has 2 rings (SSSR count). The molecule has 0 bridgehead atoms. The molecular formula is C20H32. The van der Waals surface area contributed by atoms with Gasteiger partial charge in [-0.05, 0) is 67.7 Å². The highest BCUT2D eigenvalue weighted by Gasteiger charge is 2.16. The van der Waals surface area contributed by atoms with Crippen LogP contribution in [0.25, 0.3) is 0 Å². The van der Waals surface area contributed by atoms with Crippen molar-refractivity contribution in [3.63, 3.8) is 0 Å². The van der Waals surface area contributed by atoms with Crippen LogP contribution in [0.5, 0.6) is 0 Å². The second kappa shape index (κ2) is 9.00. The lowest BCUT2D eigenvalue weighted by Gasteiger charge is -2.23. The Morgan fingerprint density at radius 1 is 0.950 bits per heavy atom. The van der Waals surface area contributed by atoms with E-state index >= 15 is 0 Å². The largest absolute Gasteiger partial charge is 0.0839 e. The molecule has 112 valence electrons. The molecule has 2 aliphatic rings. The second-order valence-corrected chi connectivity index (χ2v) is 5.82. The molecule has 0 aromatic rings. The van der Waals surface area contributed by atoms with Gasteiger partial charge in [0.25, 0.3) is 0 Å². The van der Waals surface area contributed by atoms with E-state index in [0.29, 0.717) is 0 Å². The van der Waals surface area contributed by atoms with Gasteiger partial charge >= 0.3 is 0 Å². The Bertz CT molecular complexity index is 427. The molecule has 0 amide bonds. The Morgan fingerprint density at radius 2 is 1.65 bits per heavy atom. The van der Waals surface area contributed by atoms with Crippen LogP contribution in [-0.4, -0.2) is 0 Å². The molecule has 0 saturated heterocycles. The van der Waals surface area contributed by atoms with Crippen LogP contribution in [0.3, 0.4) is 0 Å². The Morgan fingerprint density at radius 3 is 2.20 bits per heavy atom. The van der Waals surface area contributed by atoms with Gasteiger partial charge in [0, 0.05) is 0 Å². The molecule has 0 aliphatic heterocycles. The minimum Gasteiger partial charge on any atom is -0.0839 e. The van der Waals surface area contributed by atoms with Gasteiger partial charge in [0.1, 0.15) is 0 Å². The Labute approximate surface area is 126 Å². The Kier molecular flexibility index (Phi) is 7.65. The number of hydrogen-bond acceptors (Lipinski definition) is 0. The van der Waals surface area contributed by atoms with Crippen LogP contribution in [-0.2, 0) is 0 Å². The fourth-order valence-corrected chi connectivity index (χ4v) is 3.02. The van der Waals surface area contributed by atoms with E-state index in [4.69, 9.17) is 0 Å². The van der Waals surface area contributed by atoms with E-state index in [1.807, 2.05) is 0 Å². The van der Waals surface area contributed by atoms with Gasteiger partial charge in [-0.25, -0.2) is 0 Å². The molecule has 0 N–H and O–H groups in total. The predicted molar refractivity (Wildman–Crippen MR) is 92.0 cm³/mol. The molecular weight excluding hydrogens is 240 g/mol. The van der Waals surface area contributed by atoms with E-state index in [1.54, 1.807) is 22.3 Å². The van der Waals surface area contributed by atoms with Crippen molar-refractivity contribution in [1.29, 1.82) is 0 Å². The number of allylic oxidation sites excluding steroid dienone is 8. The summed E-state index contributed by atoms with van der Waals surface area (Å²) in [7, 11) is 0. The van der Waals surface area contributed by atoms with Crippen molar-refractivity contribution in [2.75, 3.05) is 0 Å². The molecule has 0 spiro atoms. The lowest BCUT2D eigenvalue weighted by molar-refractivity contribution is 0.806. The number of hydrogen-bond donors (Lipinski definition) is 0. The zero-order valence-electron chi connectivity index (χ0n) is 14.2. The van der Waals surface area contributed by atoms with E-state index in [9.17, 15) is 0 Å². The van der Waals surface area contributed by atoms with Crippen LogP contribution in [0.1, 0.15) is 79.6 Å². The van der Waals surface area contributed by atoms with Crippen LogP contribution in [0.2, 0.25) is 0 Å². The maximum absolute atomic E-state index is 2.49. The van der Waals surface area contributed by atoms with Crippen molar-refractivity contribution in [2.24, 2.45) is 0 Å². The van der Waals surface area contributed by atoms with E-state index in [2.05, 4.69) is 52.8 Å². The lowest BCUT2D eigenvalue weighted by atomic mass is 9.82. The van der Waals surface area contributed by atoms with Crippen LogP contribution < -0.4 is 0 Å². The summed E-state index contributed by atoms with van der Waals surface area (Å²) in [4.78, 5) is 0. The predicted octanol–water partition coefficient (Wildman–Crippen LogP) is 6.91. The lowest BCUT2D eigenvalue weighted by Crippen LogP contribution is -2.04. The third kappa shape index (κ3) is 4.51. The third-order valence-electron chi connectivity index (χ3n) is 4.10. The minimum atomic E-state index is 1.19. The van der Waals surface area contributed by atoms with Gasteiger partial charge in [-0.1, -0.05) is 57.9 Å². The topological polar surface area (TPSA) is 0 Å². The molecule has 0 heterocycles. The first-order valence-corrected chi connectivity index (χ1v) is 8.45. The summed E-state index contributed by atoms with van der Waals surface area (Å²) in [5.41, 5.74) is 8.00. The van der Waals surface area contributed by atoms with Gasteiger partial charge < -0.3 is 0 Å². The van der Waals surface area contributed by atoms with E-state index in [1.165, 1.54) is 50.5 Å². The Hall–Kier alpha value is -1.04. The molecule has 0 unspecified atom stereocenters. The molecule has 0 aromatic heterocycles. The van der Waals surface area contributed by atoms with Gasteiger partial charge in [0.2, 0.25) is 0 Å². The quantitative estimate of drug-likeness (QED) is 0.524. The van der Waals surface area contributed by atoms with E-state index in [-0.39, 0.29) is 0 Å². The standard InChI is InChI=1S/C17H24.C3H8/c1-4-14-10-11-16(12-15(14)5-2)17-9-7-6-8-13(17)3;1-3-2/h6,8,12H,4-5,7,9-11H2,1-3H3;3H2,1-2H3. The molecule has 20 heavy (non-hydrogen) atoms. The summed E-state index contributed by atoms with van der Waals surface area (Å²) in [6.07, 6.45) is 15.8. The highest BCUT2D eigenvalue weighted by atomic mass is 14.2. The van der Waals surface area contributed by atoms with Gasteiger partial charge in [0.15, 0.2) is 0 Å². The van der Waals surface area contributed by atoms with Crippen molar-refractivity contribution in [3.8, 4) is 0 Å². The van der Waals surface area contributed by atoms with E-state index < -0.39 is 0 Å². The maximum Gasteiger partial charge on any atom is -0.0238 e. The third-order valence-corrected chi connectivity index (χ3v) is 4.10. The maximum atomic E-state index is 2.49. The van der Waals surface area contributed by atoms with Gasteiger partial charge in [0.05, 0.1) is 0 Å². The van der Waals surface area contributed by atoms with Crippen molar-refractivity contribution in [1.82, 2.24) is 0 Å². The summed E-state index contributed by atoms with van der Waals surface area (Å²) in [5.74, 6) is 0. The molecule has 0 aromatic carbocycles. The van der Waals surface area contributed by atoms with E-state index in [0.717, 1.165) is 0 Å². The molecule has 0 atom stereocenters. The summed E-state index contributed by atoms with van der Waals surface area (Å²) in [5, 5.41) is 0. The Balaban J connectivity index is 0.000000612. The smallest absolute Gasteiger partial charge is 0.0238 e. The molecule has 0 radical (unpaired) electrons. The van der Waals surface area contributed by atoms with Crippen LogP contribution in [0, 0.1) is 0 Å². The fourth-order valence-electron chi connectivity index (χ4n) is 3.02. The molecule has 0 saturated carbocycles. The van der Waals surface area contributed by atoms with Crippen LogP contribution >= 0.6 is 0 Å². The number of rotatable bonds is 3. The molecule has 0 heteroatoms. The van der Waals surface area contributed by atoms with Crippen molar-refractivity contribution in [3.05, 3.63) is 46.1 Å². The first-order valence-electron chi connectivity index (χ1n) is 8.45. The fraction of sp³-hybridized carbons (Fsp3) is 0.600. The monoisotopic (exact) mass is 272 g/mol. The average Bonchev–Trinajstić information content (AvgIpc) is 2.48. The van der Waals surface area contributed by atoms with Gasteiger partial charge in [-0.2, -0.15) is 0 Å². The van der Waals surface area contributed by atoms with Gasteiger partial charge in [-0.3, -0.25) is 0 Å². The highest BCUT2D eigenvalue weighted by molar-refractivity contribution is 5.47.